The molecule has 0 aliphatic heterocycles. The lowest BCUT2D eigenvalue weighted by atomic mass is 10.1. The fourth-order valence-corrected chi connectivity index (χ4v) is 1.33. The summed E-state index contributed by atoms with van der Waals surface area (Å²) in [5.41, 5.74) is 5.40. The van der Waals surface area contributed by atoms with Gasteiger partial charge in [0.2, 0.25) is 0 Å². The van der Waals surface area contributed by atoms with Gasteiger partial charge < -0.3 is 5.73 Å². The maximum Gasteiger partial charge on any atom is 0.138 e. The average molecular weight is 182 g/mol. The summed E-state index contributed by atoms with van der Waals surface area (Å²) < 4.78 is 1.84. The lowest BCUT2D eigenvalue weighted by Gasteiger charge is -1.99. The molecule has 0 unspecified atom stereocenters. The first kappa shape index (κ1) is 10.2. The van der Waals surface area contributed by atoms with E-state index in [1.165, 1.54) is 19.3 Å². The van der Waals surface area contributed by atoms with E-state index in [4.69, 9.17) is 5.73 Å². The number of hydrogen-bond donors (Lipinski definition) is 1. The van der Waals surface area contributed by atoms with Crippen LogP contribution < -0.4 is 5.73 Å². The summed E-state index contributed by atoms with van der Waals surface area (Å²) in [6, 6.07) is 0. The third kappa shape index (κ3) is 3.55. The van der Waals surface area contributed by atoms with Crippen LogP contribution >= 0.6 is 0 Å². The summed E-state index contributed by atoms with van der Waals surface area (Å²) in [6.45, 7) is 0.809. The zero-order chi connectivity index (χ0) is 9.52. The van der Waals surface area contributed by atoms with E-state index in [1.54, 1.807) is 6.33 Å². The minimum atomic E-state index is 0.809. The van der Waals surface area contributed by atoms with Gasteiger partial charge in [-0.1, -0.05) is 12.8 Å². The summed E-state index contributed by atoms with van der Waals surface area (Å²) in [6.07, 6.45) is 7.43. The van der Waals surface area contributed by atoms with Gasteiger partial charge in [0.15, 0.2) is 0 Å². The molecule has 0 saturated heterocycles. The van der Waals surface area contributed by atoms with Crippen molar-refractivity contribution >= 4 is 0 Å². The molecule has 1 aromatic rings. The second kappa shape index (κ2) is 5.70. The maximum absolute atomic E-state index is 5.40. The van der Waals surface area contributed by atoms with Crippen LogP contribution in [0.4, 0.5) is 0 Å². The van der Waals surface area contributed by atoms with E-state index in [0.717, 1.165) is 25.2 Å². The molecule has 0 fully saturated rings. The zero-order valence-corrected chi connectivity index (χ0v) is 8.24. The number of unbranched alkanes of at least 4 members (excludes halogenated alkanes) is 3. The number of aryl methyl sites for hydroxylation is 2. The van der Waals surface area contributed by atoms with E-state index in [1.807, 2.05) is 11.7 Å². The lowest BCUT2D eigenvalue weighted by molar-refractivity contribution is 0.612. The SMILES string of the molecule is Cn1ncnc1CCCCCCN. The summed E-state index contributed by atoms with van der Waals surface area (Å²) in [7, 11) is 1.93. The van der Waals surface area contributed by atoms with Crippen LogP contribution in [-0.2, 0) is 13.5 Å². The molecule has 1 heterocycles. The number of nitrogens with zero attached hydrogens (tertiary/aromatic N) is 3. The molecule has 4 heteroatoms. The van der Waals surface area contributed by atoms with Gasteiger partial charge in [0.05, 0.1) is 0 Å². The molecule has 0 spiro atoms. The third-order valence-electron chi connectivity index (χ3n) is 2.16. The minimum absolute atomic E-state index is 0.809. The Bertz CT molecular complexity index is 231. The van der Waals surface area contributed by atoms with Crippen molar-refractivity contribution in [3.05, 3.63) is 12.2 Å². The molecule has 0 radical (unpaired) electrons. The predicted octanol–water partition coefficient (Wildman–Crippen LogP) is 0.877. The monoisotopic (exact) mass is 182 g/mol. The molecule has 1 aromatic heterocycles. The molecule has 0 aliphatic rings. The van der Waals surface area contributed by atoms with Crippen molar-refractivity contribution in [3.63, 3.8) is 0 Å². The molecule has 74 valence electrons. The molecule has 0 bridgehead atoms. The van der Waals surface area contributed by atoms with Crippen LogP contribution in [0.5, 0.6) is 0 Å². The number of aromatic nitrogens is 3. The first-order chi connectivity index (χ1) is 6.34. The summed E-state index contributed by atoms with van der Waals surface area (Å²) in [5.74, 6) is 1.08. The highest BCUT2D eigenvalue weighted by atomic mass is 15.3. The molecular weight excluding hydrogens is 164 g/mol. The summed E-state index contributed by atoms with van der Waals surface area (Å²) in [5, 5.41) is 4.02. The van der Waals surface area contributed by atoms with Crippen molar-refractivity contribution in [2.45, 2.75) is 32.1 Å². The van der Waals surface area contributed by atoms with Crippen LogP contribution in [0.15, 0.2) is 6.33 Å². The highest BCUT2D eigenvalue weighted by Crippen LogP contribution is 2.03. The Morgan fingerprint density at radius 2 is 2.08 bits per heavy atom. The zero-order valence-electron chi connectivity index (χ0n) is 8.24. The number of nitrogens with two attached hydrogens (primary N) is 1. The van der Waals surface area contributed by atoms with Crippen molar-refractivity contribution < 1.29 is 0 Å². The Hall–Kier alpha value is -0.900. The lowest BCUT2D eigenvalue weighted by Crippen LogP contribution is -2.00. The smallest absolute Gasteiger partial charge is 0.138 e. The standard InChI is InChI=1S/C9H18N4/c1-13-9(11-8-12-13)6-4-2-3-5-7-10/h8H,2-7,10H2,1H3. The molecule has 13 heavy (non-hydrogen) atoms. The van der Waals surface area contributed by atoms with Crippen molar-refractivity contribution in [1.29, 1.82) is 0 Å². The van der Waals surface area contributed by atoms with Gasteiger partial charge in [-0.2, -0.15) is 5.10 Å². The third-order valence-corrected chi connectivity index (χ3v) is 2.16. The molecule has 0 aromatic carbocycles. The fraction of sp³-hybridized carbons (Fsp3) is 0.778. The van der Waals surface area contributed by atoms with Gasteiger partial charge in [0.25, 0.3) is 0 Å². The van der Waals surface area contributed by atoms with E-state index < -0.39 is 0 Å². The molecule has 1 rings (SSSR count). The van der Waals surface area contributed by atoms with Gasteiger partial charge >= 0.3 is 0 Å². The van der Waals surface area contributed by atoms with Gasteiger partial charge in [0.1, 0.15) is 12.2 Å². The van der Waals surface area contributed by atoms with Crippen LogP contribution in [0.2, 0.25) is 0 Å². The second-order valence-corrected chi connectivity index (χ2v) is 3.25. The van der Waals surface area contributed by atoms with Crippen LogP contribution in [0.3, 0.4) is 0 Å². The Morgan fingerprint density at radius 3 is 2.69 bits per heavy atom. The molecule has 0 saturated carbocycles. The second-order valence-electron chi connectivity index (χ2n) is 3.25. The van der Waals surface area contributed by atoms with Crippen molar-refractivity contribution in [1.82, 2.24) is 14.8 Å². The Morgan fingerprint density at radius 1 is 1.31 bits per heavy atom. The quantitative estimate of drug-likeness (QED) is 0.664. The van der Waals surface area contributed by atoms with E-state index in [0.29, 0.717) is 0 Å². The van der Waals surface area contributed by atoms with E-state index >= 15 is 0 Å². The van der Waals surface area contributed by atoms with Crippen molar-refractivity contribution in [2.24, 2.45) is 12.8 Å². The Kier molecular flexibility index (Phi) is 4.46. The highest BCUT2D eigenvalue weighted by molar-refractivity contribution is 4.82. The van der Waals surface area contributed by atoms with Crippen LogP contribution in [0.1, 0.15) is 31.5 Å². The number of hydrogen-bond acceptors (Lipinski definition) is 3. The molecular formula is C9H18N4. The molecule has 2 N–H and O–H groups in total. The van der Waals surface area contributed by atoms with E-state index in [9.17, 15) is 0 Å². The van der Waals surface area contributed by atoms with E-state index in [-0.39, 0.29) is 0 Å². The normalized spacial score (nSPS) is 10.6. The van der Waals surface area contributed by atoms with E-state index in [2.05, 4.69) is 10.1 Å². The van der Waals surface area contributed by atoms with Gasteiger partial charge in [0, 0.05) is 13.5 Å². The minimum Gasteiger partial charge on any atom is -0.330 e. The van der Waals surface area contributed by atoms with Gasteiger partial charge in [-0.25, -0.2) is 4.98 Å². The summed E-state index contributed by atoms with van der Waals surface area (Å²) >= 11 is 0. The average Bonchev–Trinajstić information content (AvgIpc) is 2.52. The first-order valence-electron chi connectivity index (χ1n) is 4.87. The van der Waals surface area contributed by atoms with Crippen molar-refractivity contribution in [3.8, 4) is 0 Å². The summed E-state index contributed by atoms with van der Waals surface area (Å²) in [4.78, 5) is 4.16. The van der Waals surface area contributed by atoms with Crippen LogP contribution in [-0.4, -0.2) is 21.3 Å². The maximum atomic E-state index is 5.40. The van der Waals surface area contributed by atoms with Gasteiger partial charge in [-0.05, 0) is 19.4 Å². The Labute approximate surface area is 79.2 Å². The first-order valence-corrected chi connectivity index (χ1v) is 4.87. The van der Waals surface area contributed by atoms with Crippen LogP contribution in [0, 0.1) is 0 Å². The molecule has 0 amide bonds. The van der Waals surface area contributed by atoms with Gasteiger partial charge in [-0.15, -0.1) is 0 Å². The van der Waals surface area contributed by atoms with Crippen LogP contribution in [0.25, 0.3) is 0 Å². The largest absolute Gasteiger partial charge is 0.330 e. The highest BCUT2D eigenvalue weighted by Gasteiger charge is 1.98. The number of rotatable bonds is 6. The van der Waals surface area contributed by atoms with Crippen molar-refractivity contribution in [2.75, 3.05) is 6.54 Å². The molecule has 4 nitrogen and oxygen atoms in total. The predicted molar refractivity (Wildman–Crippen MR) is 52.2 cm³/mol. The Balaban J connectivity index is 2.10. The molecule has 0 atom stereocenters. The van der Waals surface area contributed by atoms with Gasteiger partial charge in [-0.3, -0.25) is 4.68 Å². The fourth-order valence-electron chi connectivity index (χ4n) is 1.33. The molecule has 0 aliphatic carbocycles. The topological polar surface area (TPSA) is 56.7 Å².